The van der Waals surface area contributed by atoms with Crippen LogP contribution in [0.4, 0.5) is 0 Å². The molecule has 0 saturated heterocycles. The molecule has 0 radical (unpaired) electrons. The Morgan fingerprint density at radius 1 is 1.00 bits per heavy atom. The number of carbonyl (C=O) groups excluding carboxylic acids is 1. The van der Waals surface area contributed by atoms with Gasteiger partial charge in [0.05, 0.1) is 0 Å². The van der Waals surface area contributed by atoms with E-state index in [4.69, 9.17) is 11.6 Å². The quantitative estimate of drug-likeness (QED) is 0.892. The highest BCUT2D eigenvalue weighted by Crippen LogP contribution is 2.09. The number of benzene rings is 2. The molecule has 90 valence electrons. The zero-order valence-corrected chi connectivity index (χ0v) is 10.4. The van der Waals surface area contributed by atoms with Gasteiger partial charge in [0.1, 0.15) is 0 Å². The van der Waals surface area contributed by atoms with Gasteiger partial charge in [-0.15, -0.1) is 0 Å². The van der Waals surface area contributed by atoms with Gasteiger partial charge in [-0.25, -0.2) is 0 Å². The number of halogens is 1. The summed E-state index contributed by atoms with van der Waals surface area (Å²) in [6.45, 7) is 0. The first kappa shape index (κ1) is 12.4. The van der Waals surface area contributed by atoms with Crippen molar-refractivity contribution in [3.63, 3.8) is 0 Å². The van der Waals surface area contributed by atoms with Gasteiger partial charge in [0.2, 0.25) is 0 Å². The first-order valence-electron chi connectivity index (χ1n) is 5.54. The summed E-state index contributed by atoms with van der Waals surface area (Å²) in [4.78, 5) is 11.7. The van der Waals surface area contributed by atoms with Gasteiger partial charge in [-0.3, -0.25) is 4.79 Å². The Balaban J connectivity index is 1.96. The van der Waals surface area contributed by atoms with Gasteiger partial charge in [0, 0.05) is 16.8 Å². The van der Waals surface area contributed by atoms with E-state index in [1.807, 2.05) is 36.4 Å². The first-order valence-corrected chi connectivity index (χ1v) is 5.91. The van der Waals surface area contributed by atoms with Crippen LogP contribution in [0.1, 0.15) is 15.9 Å². The molecule has 0 heterocycles. The molecule has 0 fully saturated rings. The maximum Gasteiger partial charge on any atom is 0.255 e. The zero-order chi connectivity index (χ0) is 12.8. The first-order chi connectivity index (χ1) is 8.75. The van der Waals surface area contributed by atoms with E-state index in [0.717, 1.165) is 5.56 Å². The SMILES string of the molecule is O=C(N/C=C/c1ccccc1)c1ccc(Cl)cc1. The Hall–Kier alpha value is -2.06. The summed E-state index contributed by atoms with van der Waals surface area (Å²) >= 11 is 5.76. The highest BCUT2D eigenvalue weighted by Gasteiger charge is 2.01. The maximum absolute atomic E-state index is 11.7. The Bertz CT molecular complexity index is 546. The number of rotatable bonds is 3. The number of hydrogen-bond donors (Lipinski definition) is 1. The fraction of sp³-hybridized carbons (Fsp3) is 0. The molecule has 3 heteroatoms. The summed E-state index contributed by atoms with van der Waals surface area (Å²) in [7, 11) is 0. The fourth-order valence-electron chi connectivity index (χ4n) is 1.46. The van der Waals surface area contributed by atoms with Crippen molar-refractivity contribution in [3.05, 3.63) is 76.9 Å². The van der Waals surface area contributed by atoms with Crippen LogP contribution in [-0.2, 0) is 0 Å². The minimum Gasteiger partial charge on any atom is -0.329 e. The van der Waals surface area contributed by atoms with Crippen LogP contribution in [0.5, 0.6) is 0 Å². The van der Waals surface area contributed by atoms with E-state index in [1.165, 1.54) is 0 Å². The van der Waals surface area contributed by atoms with Crippen LogP contribution in [0.3, 0.4) is 0 Å². The van der Waals surface area contributed by atoms with Gasteiger partial charge < -0.3 is 5.32 Å². The number of nitrogens with one attached hydrogen (secondary N) is 1. The van der Waals surface area contributed by atoms with Gasteiger partial charge in [-0.05, 0) is 35.9 Å². The molecule has 2 nitrogen and oxygen atoms in total. The van der Waals surface area contributed by atoms with Crippen LogP contribution in [0, 0.1) is 0 Å². The second-order valence-corrected chi connectivity index (χ2v) is 4.16. The summed E-state index contributed by atoms with van der Waals surface area (Å²) < 4.78 is 0. The third-order valence-corrected chi connectivity index (χ3v) is 2.65. The minimum absolute atomic E-state index is 0.154. The predicted octanol–water partition coefficient (Wildman–Crippen LogP) is 3.74. The maximum atomic E-state index is 11.7. The van der Waals surface area contributed by atoms with E-state index < -0.39 is 0 Å². The lowest BCUT2D eigenvalue weighted by atomic mass is 10.2. The lowest BCUT2D eigenvalue weighted by molar-refractivity contribution is 0.0970. The molecular weight excluding hydrogens is 246 g/mol. The lowest BCUT2D eigenvalue weighted by Crippen LogP contribution is -2.16. The topological polar surface area (TPSA) is 29.1 Å². The summed E-state index contributed by atoms with van der Waals surface area (Å²) in [5.41, 5.74) is 1.62. The molecular formula is C15H12ClNO. The van der Waals surface area contributed by atoms with Crippen LogP contribution >= 0.6 is 11.6 Å². The summed E-state index contributed by atoms with van der Waals surface area (Å²) in [6, 6.07) is 16.5. The third-order valence-electron chi connectivity index (χ3n) is 2.40. The summed E-state index contributed by atoms with van der Waals surface area (Å²) in [6.07, 6.45) is 3.47. The molecule has 0 unspecified atom stereocenters. The van der Waals surface area contributed by atoms with Gasteiger partial charge >= 0.3 is 0 Å². The van der Waals surface area contributed by atoms with E-state index in [1.54, 1.807) is 30.5 Å². The predicted molar refractivity (Wildman–Crippen MR) is 74.4 cm³/mol. The average molecular weight is 258 g/mol. The molecule has 2 aromatic rings. The van der Waals surface area contributed by atoms with E-state index in [0.29, 0.717) is 10.6 Å². The Morgan fingerprint density at radius 2 is 1.67 bits per heavy atom. The van der Waals surface area contributed by atoms with Crippen molar-refractivity contribution >= 4 is 23.6 Å². The van der Waals surface area contributed by atoms with E-state index in [-0.39, 0.29) is 5.91 Å². The van der Waals surface area contributed by atoms with Crippen LogP contribution in [0.2, 0.25) is 5.02 Å². The molecule has 1 amide bonds. The van der Waals surface area contributed by atoms with Gasteiger partial charge in [0.15, 0.2) is 0 Å². The van der Waals surface area contributed by atoms with E-state index >= 15 is 0 Å². The molecule has 0 aliphatic rings. The molecule has 2 rings (SSSR count). The second kappa shape index (κ2) is 6.03. The smallest absolute Gasteiger partial charge is 0.255 e. The van der Waals surface area contributed by atoms with Crippen LogP contribution in [0.15, 0.2) is 60.8 Å². The van der Waals surface area contributed by atoms with Gasteiger partial charge in [0.25, 0.3) is 5.91 Å². The second-order valence-electron chi connectivity index (χ2n) is 3.72. The summed E-state index contributed by atoms with van der Waals surface area (Å²) in [5, 5.41) is 3.32. The highest BCUT2D eigenvalue weighted by atomic mass is 35.5. The molecule has 0 saturated carbocycles. The van der Waals surface area contributed by atoms with Crippen LogP contribution in [0.25, 0.3) is 6.08 Å². The third kappa shape index (κ3) is 3.47. The van der Waals surface area contributed by atoms with Gasteiger partial charge in [-0.2, -0.15) is 0 Å². The number of hydrogen-bond acceptors (Lipinski definition) is 1. The Kier molecular flexibility index (Phi) is 4.15. The van der Waals surface area contributed by atoms with E-state index in [9.17, 15) is 4.79 Å². The molecule has 2 aromatic carbocycles. The van der Waals surface area contributed by atoms with Crippen molar-refractivity contribution in [1.29, 1.82) is 0 Å². The molecule has 0 aliphatic heterocycles. The monoisotopic (exact) mass is 257 g/mol. The average Bonchev–Trinajstić information content (AvgIpc) is 2.40. The molecule has 0 aromatic heterocycles. The van der Waals surface area contributed by atoms with Crippen LogP contribution in [-0.4, -0.2) is 5.91 Å². The number of carbonyl (C=O) groups is 1. The standard InChI is InChI=1S/C15H12ClNO/c16-14-8-6-13(7-9-14)15(18)17-11-10-12-4-2-1-3-5-12/h1-11H,(H,17,18)/b11-10+. The van der Waals surface area contributed by atoms with Crippen LogP contribution < -0.4 is 5.32 Å². The highest BCUT2D eigenvalue weighted by molar-refractivity contribution is 6.30. The van der Waals surface area contributed by atoms with Gasteiger partial charge in [-0.1, -0.05) is 41.9 Å². The minimum atomic E-state index is -0.154. The molecule has 1 N–H and O–H groups in total. The molecule has 0 atom stereocenters. The van der Waals surface area contributed by atoms with Crippen molar-refractivity contribution in [2.45, 2.75) is 0 Å². The Morgan fingerprint density at radius 3 is 2.33 bits per heavy atom. The van der Waals surface area contributed by atoms with Crippen molar-refractivity contribution < 1.29 is 4.79 Å². The number of amides is 1. The summed E-state index contributed by atoms with van der Waals surface area (Å²) in [5.74, 6) is -0.154. The zero-order valence-electron chi connectivity index (χ0n) is 9.64. The van der Waals surface area contributed by atoms with Crippen molar-refractivity contribution in [1.82, 2.24) is 5.32 Å². The van der Waals surface area contributed by atoms with E-state index in [2.05, 4.69) is 5.32 Å². The Labute approximate surface area is 111 Å². The molecule has 18 heavy (non-hydrogen) atoms. The molecule has 0 spiro atoms. The molecule has 0 aliphatic carbocycles. The lowest BCUT2D eigenvalue weighted by Gasteiger charge is -2.00. The largest absolute Gasteiger partial charge is 0.329 e. The van der Waals surface area contributed by atoms with Crippen molar-refractivity contribution in [3.8, 4) is 0 Å². The fourth-order valence-corrected chi connectivity index (χ4v) is 1.59. The molecule has 0 bridgehead atoms. The van der Waals surface area contributed by atoms with Crippen molar-refractivity contribution in [2.24, 2.45) is 0 Å². The van der Waals surface area contributed by atoms with Crippen molar-refractivity contribution in [2.75, 3.05) is 0 Å². The normalized spacial score (nSPS) is 10.5.